The molecule has 0 aliphatic heterocycles. The second-order valence-electron chi connectivity index (χ2n) is 7.61. The first kappa shape index (κ1) is 20.8. The van der Waals surface area contributed by atoms with Gasteiger partial charge in [-0.1, -0.05) is 52.6 Å². The van der Waals surface area contributed by atoms with Crippen LogP contribution in [0.2, 0.25) is 19.6 Å². The summed E-state index contributed by atoms with van der Waals surface area (Å²) >= 11 is 0. The third kappa shape index (κ3) is 3.09. The van der Waals surface area contributed by atoms with Crippen molar-refractivity contribution in [3.8, 4) is 0 Å². The van der Waals surface area contributed by atoms with Gasteiger partial charge >= 0.3 is 11.9 Å². The maximum absolute atomic E-state index is 15.1. The Morgan fingerprint density at radius 1 is 1.05 bits per heavy atom. The van der Waals surface area contributed by atoms with E-state index in [9.17, 15) is 19.8 Å². The van der Waals surface area contributed by atoms with Crippen LogP contribution in [-0.4, -0.2) is 35.8 Å². The highest BCUT2D eigenvalue weighted by Gasteiger charge is 2.74. The van der Waals surface area contributed by atoms with E-state index in [-0.39, 0.29) is 0 Å². The highest BCUT2D eigenvalue weighted by molar-refractivity contribution is 6.79. The number of halogens is 2. The number of rotatable bonds is 6. The summed E-state index contributed by atoms with van der Waals surface area (Å²) in [5.41, 5.74) is -8.00. The summed E-state index contributed by atoms with van der Waals surface area (Å²) in [5, 5.41) is 19.2. The van der Waals surface area contributed by atoms with Crippen LogP contribution in [-0.2, 0) is 9.59 Å². The molecule has 0 aromatic carbocycles. The number of aliphatic carboxylic acids is 2. The van der Waals surface area contributed by atoms with Gasteiger partial charge in [0.2, 0.25) is 5.41 Å². The first-order chi connectivity index (χ1) is 9.58. The Balaban J connectivity index is 6.87. The number of allylic oxidation sites excluding steroid dienone is 2. The van der Waals surface area contributed by atoms with Crippen LogP contribution in [0.5, 0.6) is 0 Å². The van der Waals surface area contributed by atoms with Gasteiger partial charge in [0.25, 0.3) is 5.55 Å². The summed E-state index contributed by atoms with van der Waals surface area (Å²) in [7, 11) is -3.45. The standard InChI is InChI=1S/C15H26F2O4Si/c1-8-9-10(13(2,3)4)14(11(18)19,12(20)21)15(16,17)22(5,6)7/h8-10H,1-7H3,(H,18,19)(H,20,21). The lowest BCUT2D eigenvalue weighted by Gasteiger charge is -2.47. The van der Waals surface area contributed by atoms with Gasteiger partial charge in [0.1, 0.15) is 8.07 Å². The van der Waals surface area contributed by atoms with E-state index in [1.165, 1.54) is 31.8 Å². The normalized spacial score (nSPS) is 15.9. The summed E-state index contributed by atoms with van der Waals surface area (Å²) in [5.74, 6) is -5.35. The van der Waals surface area contributed by atoms with E-state index in [2.05, 4.69) is 0 Å². The van der Waals surface area contributed by atoms with Gasteiger partial charge < -0.3 is 10.2 Å². The van der Waals surface area contributed by atoms with Crippen LogP contribution in [0.1, 0.15) is 27.7 Å². The molecular weight excluding hydrogens is 310 g/mol. The van der Waals surface area contributed by atoms with E-state index >= 15 is 8.78 Å². The lowest BCUT2D eigenvalue weighted by molar-refractivity contribution is -0.194. The van der Waals surface area contributed by atoms with Crippen molar-refractivity contribution in [3.05, 3.63) is 12.2 Å². The largest absolute Gasteiger partial charge is 0.480 e. The van der Waals surface area contributed by atoms with Gasteiger partial charge in [0.15, 0.2) is 0 Å². The summed E-state index contributed by atoms with van der Waals surface area (Å²) in [6.07, 6.45) is 2.70. The minimum atomic E-state index is -3.84. The van der Waals surface area contributed by atoms with E-state index in [1.807, 2.05) is 0 Å². The Bertz CT molecular complexity index is 459. The Hall–Kier alpha value is -1.24. The summed E-state index contributed by atoms with van der Waals surface area (Å²) in [4.78, 5) is 23.7. The highest BCUT2D eigenvalue weighted by Crippen LogP contribution is 2.54. The van der Waals surface area contributed by atoms with E-state index in [0.29, 0.717) is 0 Å². The molecule has 128 valence electrons. The average Bonchev–Trinajstić information content (AvgIpc) is 2.24. The molecule has 0 spiro atoms. The molecule has 0 heterocycles. The van der Waals surface area contributed by atoms with Gasteiger partial charge in [-0.25, -0.2) is 8.78 Å². The maximum atomic E-state index is 15.1. The van der Waals surface area contributed by atoms with Crippen LogP contribution < -0.4 is 0 Å². The van der Waals surface area contributed by atoms with Gasteiger partial charge in [-0.2, -0.15) is 0 Å². The second kappa shape index (κ2) is 6.10. The molecule has 4 nitrogen and oxygen atoms in total. The minimum Gasteiger partial charge on any atom is -0.480 e. The zero-order chi connectivity index (χ0) is 18.1. The summed E-state index contributed by atoms with van der Waals surface area (Å²) in [6.45, 7) is 10.1. The summed E-state index contributed by atoms with van der Waals surface area (Å²) < 4.78 is 30.2. The molecule has 0 amide bonds. The Kier molecular flexibility index (Phi) is 5.76. The number of carboxylic acids is 2. The van der Waals surface area contributed by atoms with Gasteiger partial charge in [-0.05, 0) is 12.3 Å². The Morgan fingerprint density at radius 2 is 1.41 bits per heavy atom. The van der Waals surface area contributed by atoms with Crippen LogP contribution in [0.15, 0.2) is 12.2 Å². The quantitative estimate of drug-likeness (QED) is 0.438. The van der Waals surface area contributed by atoms with E-state index in [1.54, 1.807) is 27.7 Å². The highest BCUT2D eigenvalue weighted by atomic mass is 28.3. The molecule has 0 aliphatic carbocycles. The predicted octanol–water partition coefficient (Wildman–Crippen LogP) is 3.89. The van der Waals surface area contributed by atoms with Gasteiger partial charge in [0, 0.05) is 5.92 Å². The van der Waals surface area contributed by atoms with Gasteiger partial charge in [0.05, 0.1) is 0 Å². The van der Waals surface area contributed by atoms with Crippen LogP contribution in [0.25, 0.3) is 0 Å². The molecule has 0 aromatic rings. The van der Waals surface area contributed by atoms with Crippen molar-refractivity contribution in [3.63, 3.8) is 0 Å². The molecule has 0 aliphatic rings. The average molecular weight is 336 g/mol. The molecule has 0 bridgehead atoms. The number of carbonyl (C=O) groups is 2. The van der Waals surface area contributed by atoms with E-state index in [0.717, 1.165) is 0 Å². The van der Waals surface area contributed by atoms with Crippen molar-refractivity contribution in [1.82, 2.24) is 0 Å². The van der Waals surface area contributed by atoms with Crippen LogP contribution >= 0.6 is 0 Å². The Morgan fingerprint density at radius 3 is 1.59 bits per heavy atom. The maximum Gasteiger partial charge on any atom is 0.327 e. The number of hydrogen-bond acceptors (Lipinski definition) is 2. The first-order valence-electron chi connectivity index (χ1n) is 7.05. The monoisotopic (exact) mass is 336 g/mol. The Labute approximate surface area is 131 Å². The third-order valence-electron chi connectivity index (χ3n) is 3.90. The molecule has 0 fully saturated rings. The van der Waals surface area contributed by atoms with Crippen molar-refractivity contribution in [1.29, 1.82) is 0 Å². The molecule has 22 heavy (non-hydrogen) atoms. The molecule has 0 aromatic heterocycles. The second-order valence-corrected chi connectivity index (χ2v) is 12.7. The predicted molar refractivity (Wildman–Crippen MR) is 83.8 cm³/mol. The molecule has 2 N–H and O–H groups in total. The lowest BCUT2D eigenvalue weighted by atomic mass is 9.63. The minimum absolute atomic E-state index is 0.966. The molecule has 0 saturated carbocycles. The van der Waals surface area contributed by atoms with Crippen LogP contribution in [0, 0.1) is 16.7 Å². The molecule has 0 radical (unpaired) electrons. The van der Waals surface area contributed by atoms with Gasteiger partial charge in [-0.15, -0.1) is 0 Å². The van der Waals surface area contributed by atoms with Crippen molar-refractivity contribution >= 4 is 20.0 Å². The van der Waals surface area contributed by atoms with Gasteiger partial charge in [-0.3, -0.25) is 9.59 Å². The zero-order valence-corrected chi connectivity index (χ0v) is 15.2. The molecule has 1 unspecified atom stereocenters. The van der Waals surface area contributed by atoms with Crippen LogP contribution in [0.3, 0.4) is 0 Å². The molecule has 0 saturated heterocycles. The number of carboxylic acid groups (broad SMARTS) is 2. The van der Waals surface area contributed by atoms with Crippen LogP contribution in [0.4, 0.5) is 8.78 Å². The fraction of sp³-hybridized carbons (Fsp3) is 0.733. The fourth-order valence-electron chi connectivity index (χ4n) is 2.69. The zero-order valence-electron chi connectivity index (χ0n) is 14.2. The lowest BCUT2D eigenvalue weighted by Crippen LogP contribution is -2.68. The van der Waals surface area contributed by atoms with Crippen molar-refractivity contribution in [2.75, 3.05) is 0 Å². The topological polar surface area (TPSA) is 74.6 Å². The summed E-state index contributed by atoms with van der Waals surface area (Å²) in [6, 6.07) is 0. The third-order valence-corrected chi connectivity index (χ3v) is 6.17. The van der Waals surface area contributed by atoms with Crippen molar-refractivity contribution in [2.45, 2.75) is 52.9 Å². The van der Waals surface area contributed by atoms with E-state index < -0.39 is 42.3 Å². The van der Waals surface area contributed by atoms with E-state index in [4.69, 9.17) is 0 Å². The molecule has 1 atom stereocenters. The van der Waals surface area contributed by atoms with Crippen molar-refractivity contribution in [2.24, 2.45) is 16.7 Å². The molecule has 0 rings (SSSR count). The SMILES string of the molecule is CC=CC(C(C)(C)C)C(C(=O)O)(C(=O)O)C(F)(F)[Si](C)(C)C. The first-order valence-corrected chi connectivity index (χ1v) is 10.6. The molecule has 7 heteroatoms. The van der Waals surface area contributed by atoms with Crippen molar-refractivity contribution < 1.29 is 28.6 Å². The number of alkyl halides is 2. The smallest absolute Gasteiger partial charge is 0.327 e. The molecular formula is C15H26F2O4Si. The number of hydrogen-bond donors (Lipinski definition) is 2. The fourth-order valence-corrected chi connectivity index (χ4v) is 4.24.